The minimum Gasteiger partial charge on any atom is -0.447 e. The number of ether oxygens (including phenoxy) is 3. The molecule has 0 N–H and O–H groups in total. The highest BCUT2D eigenvalue weighted by molar-refractivity contribution is 5.83. The summed E-state index contributed by atoms with van der Waals surface area (Å²) in [4.78, 5) is 11.1. The number of carbonyl (C=O) groups is 1. The minimum absolute atomic E-state index is 0.103. The van der Waals surface area contributed by atoms with Gasteiger partial charge in [0.15, 0.2) is 0 Å². The van der Waals surface area contributed by atoms with Gasteiger partial charge in [-0.2, -0.15) is 26.3 Å². The Hall–Kier alpha value is -3.17. The molecule has 2 atom stereocenters. The summed E-state index contributed by atoms with van der Waals surface area (Å²) in [6, 6.07) is 8.34. The third-order valence-electron chi connectivity index (χ3n) is 4.36. The van der Waals surface area contributed by atoms with Gasteiger partial charge >= 0.3 is 29.5 Å². The fraction of sp³-hybridized carbons (Fsp3) is 0.250. The number of halogens is 6. The van der Waals surface area contributed by atoms with Crippen LogP contribution in [-0.2, 0) is 4.79 Å². The van der Waals surface area contributed by atoms with E-state index in [1.807, 2.05) is 0 Å². The number of hydrogen-bond acceptors (Lipinski definition) is 4. The highest BCUT2D eigenvalue weighted by atomic mass is 19.3. The van der Waals surface area contributed by atoms with Crippen molar-refractivity contribution in [1.82, 2.24) is 0 Å². The maximum absolute atomic E-state index is 15.0. The quantitative estimate of drug-likeness (QED) is 0.274. The third kappa shape index (κ3) is 2.98. The van der Waals surface area contributed by atoms with Crippen LogP contribution in [0.4, 0.5) is 26.3 Å². The Morgan fingerprint density at radius 1 is 0.767 bits per heavy atom. The highest BCUT2D eigenvalue weighted by Crippen LogP contribution is 2.68. The van der Waals surface area contributed by atoms with Crippen LogP contribution >= 0.6 is 0 Å². The number of esters is 1. The molecule has 0 radical (unpaired) electrons. The Balaban J connectivity index is 1.90. The van der Waals surface area contributed by atoms with Crippen molar-refractivity contribution in [3.63, 3.8) is 0 Å². The Morgan fingerprint density at radius 2 is 1.13 bits per heavy atom. The standard InChI is InChI=1S/C20H14F6O4/c1-3-16(27)28-13-8-10-15(11-9-13)30-20(26)18(23,24)17(21,22)19(20,25)29-14-6-4-12(2)5-7-14/h3-11H,1H2,2H3. The number of aryl methyl sites for hydroxylation is 1. The van der Waals surface area contributed by atoms with Gasteiger partial charge in [-0.25, -0.2) is 4.79 Å². The summed E-state index contributed by atoms with van der Waals surface area (Å²) in [5.74, 6) is -23.0. The SMILES string of the molecule is C=CC(=O)Oc1ccc(OC2(F)C(F)(F)C(F)(F)C2(F)Oc2ccc(C)cc2)cc1. The lowest BCUT2D eigenvalue weighted by Gasteiger charge is -2.55. The molecular weight excluding hydrogens is 418 g/mol. The zero-order valence-corrected chi connectivity index (χ0v) is 15.3. The fourth-order valence-corrected chi connectivity index (χ4v) is 2.67. The van der Waals surface area contributed by atoms with Gasteiger partial charge in [0.2, 0.25) is 0 Å². The zero-order valence-electron chi connectivity index (χ0n) is 15.3. The van der Waals surface area contributed by atoms with Crippen LogP contribution in [0.25, 0.3) is 0 Å². The molecule has 1 saturated carbocycles. The van der Waals surface area contributed by atoms with Crippen molar-refractivity contribution in [3.05, 3.63) is 66.7 Å². The lowest BCUT2D eigenvalue weighted by Crippen LogP contribution is -2.89. The van der Waals surface area contributed by atoms with E-state index in [0.717, 1.165) is 42.5 Å². The molecule has 3 rings (SSSR count). The molecule has 1 aliphatic carbocycles. The van der Waals surface area contributed by atoms with E-state index in [-0.39, 0.29) is 5.75 Å². The summed E-state index contributed by atoms with van der Waals surface area (Å²) >= 11 is 0. The van der Waals surface area contributed by atoms with Gasteiger partial charge in [0, 0.05) is 6.08 Å². The monoisotopic (exact) mass is 432 g/mol. The van der Waals surface area contributed by atoms with E-state index in [9.17, 15) is 31.1 Å². The maximum atomic E-state index is 15.0. The molecule has 0 amide bonds. The van der Waals surface area contributed by atoms with Crippen LogP contribution in [0.2, 0.25) is 0 Å². The Kier molecular flexibility index (Phi) is 5.00. The van der Waals surface area contributed by atoms with Gasteiger partial charge in [0.05, 0.1) is 0 Å². The van der Waals surface area contributed by atoms with Gasteiger partial charge in [0.25, 0.3) is 0 Å². The normalized spacial score (nSPS) is 26.2. The van der Waals surface area contributed by atoms with Crippen LogP contribution < -0.4 is 14.2 Å². The molecule has 2 aromatic rings. The molecule has 4 nitrogen and oxygen atoms in total. The second-order valence-electron chi connectivity index (χ2n) is 6.45. The van der Waals surface area contributed by atoms with Crippen LogP contribution in [0.15, 0.2) is 61.2 Å². The van der Waals surface area contributed by atoms with Crippen molar-refractivity contribution < 1.29 is 45.3 Å². The molecule has 2 aromatic carbocycles. The van der Waals surface area contributed by atoms with E-state index in [0.29, 0.717) is 5.56 Å². The van der Waals surface area contributed by atoms with Gasteiger partial charge in [-0.3, -0.25) is 0 Å². The molecule has 0 saturated heterocycles. The molecule has 0 aromatic heterocycles. The number of alkyl halides is 6. The Labute approximate surface area is 166 Å². The van der Waals surface area contributed by atoms with Crippen molar-refractivity contribution in [2.45, 2.75) is 30.5 Å². The van der Waals surface area contributed by atoms with Crippen LogP contribution in [0.1, 0.15) is 5.56 Å². The van der Waals surface area contributed by atoms with Crippen LogP contribution in [-0.4, -0.2) is 29.5 Å². The van der Waals surface area contributed by atoms with E-state index in [2.05, 4.69) is 16.1 Å². The molecule has 1 aliphatic rings. The first-order valence-corrected chi connectivity index (χ1v) is 8.40. The van der Waals surface area contributed by atoms with Gasteiger partial charge in [-0.1, -0.05) is 24.3 Å². The van der Waals surface area contributed by atoms with E-state index < -0.39 is 41.0 Å². The van der Waals surface area contributed by atoms with E-state index >= 15 is 0 Å². The second kappa shape index (κ2) is 6.96. The molecular formula is C20H14F6O4. The number of hydrogen-bond donors (Lipinski definition) is 0. The molecule has 0 spiro atoms. The predicted molar refractivity (Wildman–Crippen MR) is 92.3 cm³/mol. The lowest BCUT2D eigenvalue weighted by atomic mass is 9.76. The van der Waals surface area contributed by atoms with Crippen molar-refractivity contribution in [2.24, 2.45) is 0 Å². The summed E-state index contributed by atoms with van der Waals surface area (Å²) < 4.78 is 99.1. The minimum atomic E-state index is -5.55. The van der Waals surface area contributed by atoms with Crippen LogP contribution in [0.3, 0.4) is 0 Å². The number of benzene rings is 2. The average Bonchev–Trinajstić information content (AvgIpc) is 2.70. The summed E-state index contributed by atoms with van der Waals surface area (Å²) in [5, 5.41) is 0. The van der Waals surface area contributed by atoms with Crippen molar-refractivity contribution in [3.8, 4) is 17.2 Å². The molecule has 2 unspecified atom stereocenters. The molecule has 160 valence electrons. The van der Waals surface area contributed by atoms with E-state index in [4.69, 9.17) is 4.74 Å². The summed E-state index contributed by atoms with van der Waals surface area (Å²) in [7, 11) is 0. The first-order valence-electron chi connectivity index (χ1n) is 8.40. The molecule has 0 aliphatic heterocycles. The smallest absolute Gasteiger partial charge is 0.395 e. The molecule has 1 fully saturated rings. The number of carbonyl (C=O) groups excluding carboxylic acids is 1. The Bertz CT molecular complexity index is 960. The van der Waals surface area contributed by atoms with Crippen molar-refractivity contribution >= 4 is 5.97 Å². The third-order valence-corrected chi connectivity index (χ3v) is 4.36. The first-order chi connectivity index (χ1) is 13.9. The largest absolute Gasteiger partial charge is 0.447 e. The average molecular weight is 432 g/mol. The van der Waals surface area contributed by atoms with Gasteiger partial charge in [-0.15, -0.1) is 0 Å². The summed E-state index contributed by atoms with van der Waals surface area (Å²) in [6.45, 7) is 4.79. The fourth-order valence-electron chi connectivity index (χ4n) is 2.67. The van der Waals surface area contributed by atoms with Crippen molar-refractivity contribution in [2.75, 3.05) is 0 Å². The maximum Gasteiger partial charge on any atom is 0.395 e. The molecule has 30 heavy (non-hydrogen) atoms. The van der Waals surface area contributed by atoms with Gasteiger partial charge in [0.1, 0.15) is 17.2 Å². The van der Waals surface area contributed by atoms with Crippen LogP contribution in [0.5, 0.6) is 17.2 Å². The lowest BCUT2D eigenvalue weighted by molar-refractivity contribution is -0.527. The van der Waals surface area contributed by atoms with Crippen LogP contribution in [0, 0.1) is 6.92 Å². The molecule has 10 heteroatoms. The zero-order chi connectivity index (χ0) is 22.4. The molecule has 0 heterocycles. The summed E-state index contributed by atoms with van der Waals surface area (Å²) in [6.07, 6.45) is 0.845. The first kappa shape index (κ1) is 21.5. The van der Waals surface area contributed by atoms with Crippen molar-refractivity contribution in [1.29, 1.82) is 0 Å². The van der Waals surface area contributed by atoms with Gasteiger partial charge in [-0.05, 0) is 43.3 Å². The summed E-state index contributed by atoms with van der Waals surface area (Å²) in [5.41, 5.74) is 0.640. The van der Waals surface area contributed by atoms with Gasteiger partial charge < -0.3 is 14.2 Å². The predicted octanol–water partition coefficient (Wildman–Crippen LogP) is 5.16. The number of rotatable bonds is 6. The molecule has 0 bridgehead atoms. The Morgan fingerprint density at radius 3 is 1.53 bits per heavy atom. The second-order valence-corrected chi connectivity index (χ2v) is 6.45. The van der Waals surface area contributed by atoms with E-state index in [1.165, 1.54) is 12.1 Å². The topological polar surface area (TPSA) is 44.8 Å². The highest BCUT2D eigenvalue weighted by Gasteiger charge is 3.03. The van der Waals surface area contributed by atoms with E-state index in [1.54, 1.807) is 6.92 Å².